The summed E-state index contributed by atoms with van der Waals surface area (Å²) in [6.45, 7) is 7.80. The lowest BCUT2D eigenvalue weighted by molar-refractivity contribution is 0.0816. The van der Waals surface area contributed by atoms with Crippen LogP contribution in [0.2, 0.25) is 0 Å². The molecule has 0 aliphatic carbocycles. The van der Waals surface area contributed by atoms with E-state index in [2.05, 4.69) is 20.0 Å². The van der Waals surface area contributed by atoms with Crippen molar-refractivity contribution in [2.75, 3.05) is 25.1 Å². The zero-order chi connectivity index (χ0) is 15.9. The van der Waals surface area contributed by atoms with E-state index in [4.69, 9.17) is 4.74 Å². The van der Waals surface area contributed by atoms with Crippen molar-refractivity contribution in [1.82, 2.24) is 19.7 Å². The minimum absolute atomic E-state index is 0.135. The van der Waals surface area contributed by atoms with Crippen molar-refractivity contribution in [2.24, 2.45) is 0 Å². The first-order chi connectivity index (χ1) is 10.4. The van der Waals surface area contributed by atoms with Crippen LogP contribution in [0.25, 0.3) is 11.0 Å². The van der Waals surface area contributed by atoms with Gasteiger partial charge < -0.3 is 9.64 Å². The molecule has 0 amide bonds. The van der Waals surface area contributed by atoms with Crippen LogP contribution in [0, 0.1) is 0 Å². The number of methoxy groups -OCH3 is 1. The molecule has 2 aromatic heterocycles. The highest BCUT2D eigenvalue weighted by molar-refractivity contribution is 5.74. The highest BCUT2D eigenvalue weighted by Crippen LogP contribution is 2.21. The van der Waals surface area contributed by atoms with Gasteiger partial charge in [0.15, 0.2) is 5.65 Å². The maximum Gasteiger partial charge on any atom is 0.263 e. The Labute approximate surface area is 129 Å². The van der Waals surface area contributed by atoms with Gasteiger partial charge in [-0.1, -0.05) is 0 Å². The van der Waals surface area contributed by atoms with E-state index in [0.717, 1.165) is 25.9 Å². The number of anilines is 1. The Morgan fingerprint density at radius 2 is 2.00 bits per heavy atom. The van der Waals surface area contributed by atoms with Gasteiger partial charge in [-0.15, -0.1) is 0 Å². The van der Waals surface area contributed by atoms with Crippen LogP contribution in [-0.2, 0) is 10.3 Å². The van der Waals surface area contributed by atoms with Crippen LogP contribution in [0.5, 0.6) is 0 Å². The van der Waals surface area contributed by atoms with Crippen LogP contribution in [-0.4, -0.2) is 46.1 Å². The Balaban J connectivity index is 2.00. The molecule has 1 saturated heterocycles. The number of hydrogen-bond acceptors (Lipinski definition) is 5. The quantitative estimate of drug-likeness (QED) is 0.909. The van der Waals surface area contributed by atoms with Crippen LogP contribution in [0.4, 0.5) is 5.95 Å². The summed E-state index contributed by atoms with van der Waals surface area (Å²) in [7, 11) is 1.74. The first-order valence-corrected chi connectivity index (χ1v) is 7.66. The average Bonchev–Trinajstić information content (AvgIpc) is 2.92. The van der Waals surface area contributed by atoms with E-state index in [9.17, 15) is 4.79 Å². The number of hydrogen-bond donors (Lipinski definition) is 1. The Morgan fingerprint density at radius 3 is 2.59 bits per heavy atom. The van der Waals surface area contributed by atoms with Crippen molar-refractivity contribution < 1.29 is 4.74 Å². The van der Waals surface area contributed by atoms with Crippen molar-refractivity contribution in [3.8, 4) is 0 Å². The van der Waals surface area contributed by atoms with E-state index in [-0.39, 0.29) is 11.1 Å². The zero-order valence-electron chi connectivity index (χ0n) is 13.6. The molecule has 7 nitrogen and oxygen atoms in total. The topological polar surface area (TPSA) is 76.0 Å². The summed E-state index contributed by atoms with van der Waals surface area (Å²) in [5.74, 6) is 0.623. The third-order valence-corrected chi connectivity index (χ3v) is 4.14. The normalized spacial score (nSPS) is 17.4. The molecule has 2 aromatic rings. The molecule has 1 aliphatic rings. The summed E-state index contributed by atoms with van der Waals surface area (Å²) < 4.78 is 7.20. The Hall–Kier alpha value is -1.89. The highest BCUT2D eigenvalue weighted by atomic mass is 16.5. The minimum Gasteiger partial charge on any atom is -0.381 e. The van der Waals surface area contributed by atoms with Gasteiger partial charge in [0.2, 0.25) is 5.95 Å². The van der Waals surface area contributed by atoms with Gasteiger partial charge >= 0.3 is 0 Å². The van der Waals surface area contributed by atoms with Crippen molar-refractivity contribution >= 4 is 17.0 Å². The van der Waals surface area contributed by atoms with Crippen LogP contribution >= 0.6 is 0 Å². The molecule has 0 unspecified atom stereocenters. The van der Waals surface area contributed by atoms with Crippen molar-refractivity contribution in [3.05, 3.63) is 16.6 Å². The molecule has 7 heteroatoms. The van der Waals surface area contributed by atoms with E-state index in [1.165, 1.54) is 0 Å². The van der Waals surface area contributed by atoms with Gasteiger partial charge in [-0.2, -0.15) is 10.1 Å². The molecule has 0 saturated carbocycles. The molecule has 0 spiro atoms. The second-order valence-corrected chi connectivity index (χ2v) is 6.78. The monoisotopic (exact) mass is 305 g/mol. The number of piperidine rings is 1. The van der Waals surface area contributed by atoms with Gasteiger partial charge in [-0.25, -0.2) is 4.68 Å². The van der Waals surface area contributed by atoms with Crippen LogP contribution < -0.4 is 10.5 Å². The number of aromatic amines is 1. The summed E-state index contributed by atoms with van der Waals surface area (Å²) in [6, 6.07) is 0. The third kappa shape index (κ3) is 2.61. The average molecular weight is 305 g/mol. The maximum atomic E-state index is 12.3. The Morgan fingerprint density at radius 1 is 1.32 bits per heavy atom. The van der Waals surface area contributed by atoms with Gasteiger partial charge in [0, 0.05) is 20.2 Å². The molecule has 1 fully saturated rings. The second kappa shape index (κ2) is 5.39. The van der Waals surface area contributed by atoms with Gasteiger partial charge in [-0.3, -0.25) is 9.78 Å². The van der Waals surface area contributed by atoms with E-state index < -0.39 is 0 Å². The zero-order valence-corrected chi connectivity index (χ0v) is 13.6. The molecule has 22 heavy (non-hydrogen) atoms. The van der Waals surface area contributed by atoms with Crippen LogP contribution in [0.3, 0.4) is 0 Å². The van der Waals surface area contributed by atoms with Crippen LogP contribution in [0.1, 0.15) is 33.6 Å². The molecule has 0 aromatic carbocycles. The molecule has 0 bridgehead atoms. The van der Waals surface area contributed by atoms with E-state index >= 15 is 0 Å². The lowest BCUT2D eigenvalue weighted by Gasteiger charge is -2.31. The summed E-state index contributed by atoms with van der Waals surface area (Å²) in [6.07, 6.45) is 3.77. The lowest BCUT2D eigenvalue weighted by Crippen LogP contribution is -2.38. The molecule has 1 aliphatic heterocycles. The molecule has 120 valence electrons. The van der Waals surface area contributed by atoms with Gasteiger partial charge in [-0.05, 0) is 33.6 Å². The molecular formula is C15H23N5O2. The molecule has 1 N–H and O–H groups in total. The van der Waals surface area contributed by atoms with E-state index in [1.807, 2.05) is 25.5 Å². The standard InChI is InChI=1S/C15H23N5O2/c1-15(2,3)20-12-11(9-16-20)13(21)18-14(17-12)19-7-5-10(22-4)6-8-19/h9-10H,5-8H2,1-4H3,(H,17,18,21). The van der Waals surface area contributed by atoms with Crippen molar-refractivity contribution in [2.45, 2.75) is 45.3 Å². The largest absolute Gasteiger partial charge is 0.381 e. The van der Waals surface area contributed by atoms with E-state index in [1.54, 1.807) is 13.3 Å². The van der Waals surface area contributed by atoms with Gasteiger partial charge in [0.1, 0.15) is 5.39 Å². The van der Waals surface area contributed by atoms with Gasteiger partial charge in [0.05, 0.1) is 17.8 Å². The first-order valence-electron chi connectivity index (χ1n) is 7.66. The fourth-order valence-electron chi connectivity index (χ4n) is 2.85. The number of nitrogens with zero attached hydrogens (tertiary/aromatic N) is 4. The molecular weight excluding hydrogens is 282 g/mol. The number of H-pyrrole nitrogens is 1. The summed E-state index contributed by atoms with van der Waals surface area (Å²) in [4.78, 5) is 22.0. The smallest absolute Gasteiger partial charge is 0.263 e. The SMILES string of the molecule is COC1CCN(c2nc3c(cnn3C(C)(C)C)c(=O)[nH]2)CC1. The number of aromatic nitrogens is 4. The molecule has 3 heterocycles. The summed E-state index contributed by atoms with van der Waals surface area (Å²) in [5, 5.41) is 4.87. The fraction of sp³-hybridized carbons (Fsp3) is 0.667. The highest BCUT2D eigenvalue weighted by Gasteiger charge is 2.23. The first kappa shape index (κ1) is 15.0. The number of rotatable bonds is 2. The fourth-order valence-corrected chi connectivity index (χ4v) is 2.85. The predicted octanol–water partition coefficient (Wildman–Crippen LogP) is 1.49. The third-order valence-electron chi connectivity index (χ3n) is 4.14. The number of nitrogens with one attached hydrogen (secondary N) is 1. The van der Waals surface area contributed by atoms with E-state index in [0.29, 0.717) is 23.1 Å². The Bertz CT molecular complexity index is 720. The van der Waals surface area contributed by atoms with Crippen molar-refractivity contribution in [3.63, 3.8) is 0 Å². The van der Waals surface area contributed by atoms with Crippen LogP contribution in [0.15, 0.2) is 11.0 Å². The molecule has 3 rings (SSSR count). The maximum absolute atomic E-state index is 12.3. The van der Waals surface area contributed by atoms with Crippen molar-refractivity contribution in [1.29, 1.82) is 0 Å². The molecule has 0 radical (unpaired) electrons. The summed E-state index contributed by atoms with van der Waals surface area (Å²) in [5.41, 5.74) is 0.285. The predicted molar refractivity (Wildman–Crippen MR) is 85.4 cm³/mol. The molecule has 0 atom stereocenters. The Kier molecular flexibility index (Phi) is 3.68. The number of fused-ring (bicyclic) bond motifs is 1. The minimum atomic E-state index is -0.219. The van der Waals surface area contributed by atoms with Gasteiger partial charge in [0.25, 0.3) is 5.56 Å². The second-order valence-electron chi connectivity index (χ2n) is 6.78. The lowest BCUT2D eigenvalue weighted by atomic mass is 10.1. The number of ether oxygens (including phenoxy) is 1. The summed E-state index contributed by atoms with van der Waals surface area (Å²) >= 11 is 0.